The van der Waals surface area contributed by atoms with E-state index in [1.54, 1.807) is 0 Å². The highest BCUT2D eigenvalue weighted by molar-refractivity contribution is 6.19. The fourth-order valence-corrected chi connectivity index (χ4v) is 2.37. The number of hydrogen-bond donors (Lipinski definition) is 2. The van der Waals surface area contributed by atoms with E-state index < -0.39 is 6.17 Å². The summed E-state index contributed by atoms with van der Waals surface area (Å²) in [6, 6.07) is 17.1. The third-order valence-electron chi connectivity index (χ3n) is 3.33. The highest BCUT2D eigenvalue weighted by atomic mass is 16.2. The Hall–Kier alpha value is -2.95. The number of aliphatic imine (C=N–C) groups is 1. The third-order valence-corrected chi connectivity index (χ3v) is 3.33. The summed E-state index contributed by atoms with van der Waals surface area (Å²) in [5.74, 6) is -0.657. The molecule has 5 nitrogen and oxygen atoms in total. The van der Waals surface area contributed by atoms with Crippen LogP contribution in [0.3, 0.4) is 0 Å². The van der Waals surface area contributed by atoms with Crippen molar-refractivity contribution in [1.82, 2.24) is 5.32 Å². The highest BCUT2D eigenvalue weighted by Gasteiger charge is 2.25. The third kappa shape index (κ3) is 2.74. The first-order valence-corrected chi connectivity index (χ1v) is 6.96. The number of fused-ring (bicyclic) bond motifs is 1. The van der Waals surface area contributed by atoms with E-state index in [9.17, 15) is 9.59 Å². The lowest BCUT2D eigenvalue weighted by Crippen LogP contribution is -2.41. The minimum atomic E-state index is -0.944. The van der Waals surface area contributed by atoms with Crippen molar-refractivity contribution >= 4 is 23.2 Å². The Labute approximate surface area is 128 Å². The van der Waals surface area contributed by atoms with Gasteiger partial charge in [-0.15, -0.1) is 0 Å². The van der Waals surface area contributed by atoms with E-state index in [1.165, 1.54) is 6.92 Å². The number of hydrogen-bond acceptors (Lipinski definition) is 3. The number of amides is 2. The minimum absolute atomic E-state index is 0.303. The van der Waals surface area contributed by atoms with Gasteiger partial charge in [0.1, 0.15) is 0 Å². The first-order chi connectivity index (χ1) is 10.6. The summed E-state index contributed by atoms with van der Waals surface area (Å²) in [6.45, 7) is 1.36. The molecule has 2 amide bonds. The molecule has 0 unspecified atom stereocenters. The van der Waals surface area contributed by atoms with E-state index >= 15 is 0 Å². The summed E-state index contributed by atoms with van der Waals surface area (Å²) < 4.78 is 0. The molecule has 2 N–H and O–H groups in total. The average Bonchev–Trinajstić information content (AvgIpc) is 2.65. The smallest absolute Gasteiger partial charge is 0.269 e. The van der Waals surface area contributed by atoms with Crippen molar-refractivity contribution in [1.29, 1.82) is 0 Å². The Morgan fingerprint density at radius 3 is 2.50 bits per heavy atom. The average molecular weight is 293 g/mol. The van der Waals surface area contributed by atoms with Crippen LogP contribution in [-0.2, 0) is 9.59 Å². The zero-order valence-electron chi connectivity index (χ0n) is 12.0. The van der Waals surface area contributed by atoms with Gasteiger partial charge in [0, 0.05) is 18.1 Å². The van der Waals surface area contributed by atoms with Crippen molar-refractivity contribution in [3.8, 4) is 0 Å². The zero-order valence-corrected chi connectivity index (χ0v) is 12.0. The van der Waals surface area contributed by atoms with Crippen molar-refractivity contribution in [3.63, 3.8) is 0 Å². The second-order valence-electron chi connectivity index (χ2n) is 4.98. The quantitative estimate of drug-likeness (QED) is 0.888. The SMILES string of the molecule is CC(=O)N[C@@H]1N=C(c2ccccc2)c2ccccc2NC1=O. The topological polar surface area (TPSA) is 70.6 Å². The van der Waals surface area contributed by atoms with Crippen molar-refractivity contribution in [3.05, 3.63) is 65.7 Å². The van der Waals surface area contributed by atoms with Crippen molar-refractivity contribution in [2.75, 3.05) is 5.32 Å². The molecular weight excluding hydrogens is 278 g/mol. The first-order valence-electron chi connectivity index (χ1n) is 6.96. The second kappa shape index (κ2) is 5.81. The van der Waals surface area contributed by atoms with E-state index in [-0.39, 0.29) is 11.8 Å². The molecule has 110 valence electrons. The molecule has 0 spiro atoms. The van der Waals surface area contributed by atoms with E-state index in [4.69, 9.17) is 0 Å². The van der Waals surface area contributed by atoms with Crippen LogP contribution >= 0.6 is 0 Å². The van der Waals surface area contributed by atoms with Crippen LogP contribution in [0.2, 0.25) is 0 Å². The van der Waals surface area contributed by atoms with Gasteiger partial charge in [-0.1, -0.05) is 48.5 Å². The summed E-state index contributed by atoms with van der Waals surface area (Å²) in [4.78, 5) is 28.1. The molecule has 2 aromatic rings. The Balaban J connectivity index is 2.15. The molecule has 0 fully saturated rings. The lowest BCUT2D eigenvalue weighted by Gasteiger charge is -2.11. The second-order valence-corrected chi connectivity index (χ2v) is 4.98. The molecule has 1 atom stereocenters. The van der Waals surface area contributed by atoms with Gasteiger partial charge in [0.15, 0.2) is 0 Å². The van der Waals surface area contributed by atoms with E-state index in [1.807, 2.05) is 54.6 Å². The van der Waals surface area contributed by atoms with Gasteiger partial charge in [-0.25, -0.2) is 4.99 Å². The molecule has 1 aliphatic heterocycles. The fraction of sp³-hybridized carbons (Fsp3) is 0.118. The number of benzene rings is 2. The molecule has 0 saturated heterocycles. The van der Waals surface area contributed by atoms with Gasteiger partial charge in [0.05, 0.1) is 11.4 Å². The summed E-state index contributed by atoms with van der Waals surface area (Å²) >= 11 is 0. The van der Waals surface area contributed by atoms with Gasteiger partial charge in [-0.3, -0.25) is 9.59 Å². The Bertz CT molecular complexity index is 754. The van der Waals surface area contributed by atoms with Crippen LogP contribution in [0.1, 0.15) is 18.1 Å². The maximum atomic E-state index is 12.3. The number of carbonyl (C=O) groups is 2. The van der Waals surface area contributed by atoms with Gasteiger partial charge in [-0.2, -0.15) is 0 Å². The Morgan fingerprint density at radius 1 is 1.09 bits per heavy atom. The predicted molar refractivity (Wildman–Crippen MR) is 84.8 cm³/mol. The van der Waals surface area contributed by atoms with Crippen molar-refractivity contribution < 1.29 is 9.59 Å². The van der Waals surface area contributed by atoms with Crippen LogP contribution in [0.25, 0.3) is 0 Å². The van der Waals surface area contributed by atoms with Gasteiger partial charge < -0.3 is 10.6 Å². The van der Waals surface area contributed by atoms with Crippen molar-refractivity contribution in [2.24, 2.45) is 4.99 Å². The monoisotopic (exact) mass is 293 g/mol. The molecular formula is C17H15N3O2. The van der Waals surface area contributed by atoms with E-state index in [0.29, 0.717) is 11.4 Å². The predicted octanol–water partition coefficient (Wildman–Crippen LogP) is 1.94. The number of para-hydroxylation sites is 1. The molecule has 0 aromatic heterocycles. The molecule has 22 heavy (non-hydrogen) atoms. The van der Waals surface area contributed by atoms with Crippen LogP contribution < -0.4 is 10.6 Å². The van der Waals surface area contributed by atoms with Gasteiger partial charge in [-0.05, 0) is 6.07 Å². The molecule has 2 aromatic carbocycles. The maximum Gasteiger partial charge on any atom is 0.269 e. The van der Waals surface area contributed by atoms with Gasteiger partial charge in [0.25, 0.3) is 5.91 Å². The molecule has 0 aliphatic carbocycles. The first kappa shape index (κ1) is 14.0. The number of rotatable bonds is 2. The zero-order chi connectivity index (χ0) is 15.5. The van der Waals surface area contributed by atoms with Gasteiger partial charge in [0.2, 0.25) is 12.1 Å². The lowest BCUT2D eigenvalue weighted by atomic mass is 10.0. The van der Waals surface area contributed by atoms with Crippen molar-refractivity contribution in [2.45, 2.75) is 13.1 Å². The maximum absolute atomic E-state index is 12.3. The normalized spacial score (nSPS) is 16.9. The summed E-state index contributed by atoms with van der Waals surface area (Å²) in [5, 5.41) is 5.38. The Morgan fingerprint density at radius 2 is 1.77 bits per heavy atom. The standard InChI is InChI=1S/C17H15N3O2/c1-11(21)18-16-17(22)19-14-10-6-5-9-13(14)15(20-16)12-7-3-2-4-8-12/h2-10,16H,1H3,(H,18,21)(H,19,22)/t16-/m1/s1. The van der Waals surface area contributed by atoms with Crippen LogP contribution in [0.5, 0.6) is 0 Å². The molecule has 0 radical (unpaired) electrons. The van der Waals surface area contributed by atoms with E-state index in [2.05, 4.69) is 15.6 Å². The highest BCUT2D eigenvalue weighted by Crippen LogP contribution is 2.23. The number of anilines is 1. The number of carbonyl (C=O) groups excluding carboxylic acids is 2. The fourth-order valence-electron chi connectivity index (χ4n) is 2.37. The van der Waals surface area contributed by atoms with Crippen LogP contribution in [0.4, 0.5) is 5.69 Å². The number of nitrogens with one attached hydrogen (secondary N) is 2. The molecule has 1 aliphatic rings. The largest absolute Gasteiger partial charge is 0.327 e. The molecule has 0 bridgehead atoms. The summed E-state index contributed by atoms with van der Waals surface area (Å²) in [7, 11) is 0. The van der Waals surface area contributed by atoms with Crippen LogP contribution in [0.15, 0.2) is 59.6 Å². The number of benzodiazepines with no additional fused rings is 1. The minimum Gasteiger partial charge on any atom is -0.327 e. The molecule has 3 rings (SSSR count). The van der Waals surface area contributed by atoms with Crippen LogP contribution in [-0.4, -0.2) is 23.7 Å². The lowest BCUT2D eigenvalue weighted by molar-refractivity contribution is -0.125. The van der Waals surface area contributed by atoms with Crippen LogP contribution in [0, 0.1) is 0 Å². The molecule has 5 heteroatoms. The Kier molecular flexibility index (Phi) is 3.70. The molecule has 1 heterocycles. The van der Waals surface area contributed by atoms with Gasteiger partial charge >= 0.3 is 0 Å². The summed E-state index contributed by atoms with van der Waals surface area (Å²) in [6.07, 6.45) is -0.944. The van der Waals surface area contributed by atoms with E-state index in [0.717, 1.165) is 11.1 Å². The molecule has 0 saturated carbocycles. The number of nitrogens with zero attached hydrogens (tertiary/aromatic N) is 1. The summed E-state index contributed by atoms with van der Waals surface area (Å²) in [5.41, 5.74) is 3.08.